The number of aliphatic carboxylic acids is 1. The number of ether oxygens (including phenoxy) is 5. The monoisotopic (exact) mass is 478 g/mol. The van der Waals surface area contributed by atoms with Gasteiger partial charge in [-0.3, -0.25) is 0 Å². The molecule has 0 aromatic heterocycles. The Hall–Kier alpha value is -3.07. The molecule has 0 saturated carbocycles. The molecule has 0 amide bonds. The van der Waals surface area contributed by atoms with Crippen molar-refractivity contribution in [2.75, 3.05) is 7.11 Å². The Morgan fingerprint density at radius 2 is 1.09 bits per heavy atom. The van der Waals surface area contributed by atoms with Gasteiger partial charge in [0, 0.05) is 7.11 Å². The molecule has 1 fully saturated rings. The van der Waals surface area contributed by atoms with Crippen molar-refractivity contribution in [3.05, 3.63) is 108 Å². The molecule has 0 radical (unpaired) electrons. The number of carboxylic acids is 1. The van der Waals surface area contributed by atoms with Crippen LogP contribution in [-0.4, -0.2) is 48.9 Å². The lowest BCUT2D eigenvalue weighted by molar-refractivity contribution is -0.314. The van der Waals surface area contributed by atoms with Gasteiger partial charge in [0.05, 0.1) is 19.8 Å². The normalized spacial score (nSPS) is 24.2. The van der Waals surface area contributed by atoms with E-state index in [4.69, 9.17) is 23.7 Å². The van der Waals surface area contributed by atoms with Crippen molar-refractivity contribution in [3.8, 4) is 0 Å². The molecule has 7 heteroatoms. The van der Waals surface area contributed by atoms with Gasteiger partial charge in [0.1, 0.15) is 18.3 Å². The first-order valence-corrected chi connectivity index (χ1v) is 11.5. The molecule has 1 N–H and O–H groups in total. The quantitative estimate of drug-likeness (QED) is 0.442. The van der Waals surface area contributed by atoms with E-state index in [9.17, 15) is 9.90 Å². The first kappa shape index (κ1) is 25.0. The maximum Gasteiger partial charge on any atom is 0.335 e. The average Bonchev–Trinajstić information content (AvgIpc) is 2.91. The Balaban J connectivity index is 1.60. The van der Waals surface area contributed by atoms with E-state index in [-0.39, 0.29) is 19.8 Å². The molecule has 1 aliphatic rings. The second kappa shape index (κ2) is 12.6. The second-order valence-corrected chi connectivity index (χ2v) is 8.28. The molecule has 4 rings (SSSR count). The Bertz CT molecular complexity index is 1030. The van der Waals surface area contributed by atoms with Crippen molar-refractivity contribution in [3.63, 3.8) is 0 Å². The van der Waals surface area contributed by atoms with Gasteiger partial charge in [0.25, 0.3) is 0 Å². The summed E-state index contributed by atoms with van der Waals surface area (Å²) in [6.07, 6.45) is -4.65. The summed E-state index contributed by atoms with van der Waals surface area (Å²) in [4.78, 5) is 12.2. The van der Waals surface area contributed by atoms with Crippen LogP contribution in [-0.2, 0) is 48.3 Å². The summed E-state index contributed by atoms with van der Waals surface area (Å²) in [6.45, 7) is 0.737. The number of hydrogen-bond donors (Lipinski definition) is 1. The number of carbonyl (C=O) groups is 1. The van der Waals surface area contributed by atoms with E-state index in [1.165, 1.54) is 7.11 Å². The van der Waals surface area contributed by atoms with Crippen LogP contribution in [0.5, 0.6) is 0 Å². The first-order chi connectivity index (χ1) is 17.2. The molecule has 1 saturated heterocycles. The van der Waals surface area contributed by atoms with Gasteiger partial charge in [0.15, 0.2) is 12.4 Å². The van der Waals surface area contributed by atoms with Crippen LogP contribution in [0.15, 0.2) is 91.0 Å². The Morgan fingerprint density at radius 3 is 1.49 bits per heavy atom. The molecule has 3 aromatic rings. The van der Waals surface area contributed by atoms with Crippen LogP contribution in [0.25, 0.3) is 0 Å². The molecule has 0 bridgehead atoms. The molecule has 5 atom stereocenters. The van der Waals surface area contributed by atoms with E-state index in [0.717, 1.165) is 16.7 Å². The van der Waals surface area contributed by atoms with Crippen LogP contribution in [0.2, 0.25) is 0 Å². The number of hydrogen-bond acceptors (Lipinski definition) is 6. The van der Waals surface area contributed by atoms with Crippen LogP contribution in [0.4, 0.5) is 0 Å². The van der Waals surface area contributed by atoms with Crippen molar-refractivity contribution in [1.82, 2.24) is 0 Å². The Labute approximate surface area is 205 Å². The minimum absolute atomic E-state index is 0.201. The molecule has 3 aromatic carbocycles. The lowest BCUT2D eigenvalue weighted by Crippen LogP contribution is -2.62. The van der Waals surface area contributed by atoms with Crippen molar-refractivity contribution >= 4 is 5.97 Å². The molecule has 184 valence electrons. The highest BCUT2D eigenvalue weighted by Gasteiger charge is 2.51. The fraction of sp³-hybridized carbons (Fsp3) is 0.321. The highest BCUT2D eigenvalue weighted by molar-refractivity contribution is 5.73. The van der Waals surface area contributed by atoms with Crippen molar-refractivity contribution in [2.24, 2.45) is 0 Å². The van der Waals surface area contributed by atoms with Crippen LogP contribution >= 0.6 is 0 Å². The zero-order chi connectivity index (χ0) is 24.5. The summed E-state index contributed by atoms with van der Waals surface area (Å²) < 4.78 is 30.0. The van der Waals surface area contributed by atoms with Gasteiger partial charge in [0.2, 0.25) is 0 Å². The Kier molecular flexibility index (Phi) is 9.00. The molecule has 0 unspecified atom stereocenters. The SMILES string of the molecule is CO[C@H]1O[C@H](C(=O)O)[C@@H](OCc2ccccc2)[C@H](OCc2ccccc2)[C@H]1OCc1ccccc1. The number of benzene rings is 3. The largest absolute Gasteiger partial charge is 0.479 e. The molecule has 35 heavy (non-hydrogen) atoms. The third-order valence-electron chi connectivity index (χ3n) is 5.83. The smallest absolute Gasteiger partial charge is 0.335 e. The highest BCUT2D eigenvalue weighted by Crippen LogP contribution is 2.31. The maximum atomic E-state index is 12.2. The zero-order valence-corrected chi connectivity index (χ0v) is 19.6. The van der Waals surface area contributed by atoms with E-state index in [1.807, 2.05) is 91.0 Å². The van der Waals surface area contributed by atoms with E-state index in [2.05, 4.69) is 0 Å². The molecular formula is C28H30O7. The van der Waals surface area contributed by atoms with Crippen LogP contribution in [0.1, 0.15) is 16.7 Å². The summed E-state index contributed by atoms with van der Waals surface area (Å²) in [5, 5.41) is 9.96. The fourth-order valence-electron chi connectivity index (χ4n) is 4.05. The van der Waals surface area contributed by atoms with Gasteiger partial charge in [-0.1, -0.05) is 91.0 Å². The molecule has 0 aliphatic carbocycles. The van der Waals surface area contributed by atoms with Crippen molar-refractivity contribution in [2.45, 2.75) is 50.5 Å². The third-order valence-corrected chi connectivity index (χ3v) is 5.83. The third kappa shape index (κ3) is 6.75. The lowest BCUT2D eigenvalue weighted by Gasteiger charge is -2.44. The fourth-order valence-corrected chi connectivity index (χ4v) is 4.05. The summed E-state index contributed by atoms with van der Waals surface area (Å²) >= 11 is 0. The van der Waals surface area contributed by atoms with E-state index in [0.29, 0.717) is 0 Å². The predicted molar refractivity (Wildman–Crippen MR) is 128 cm³/mol. The number of carboxylic acid groups (broad SMARTS) is 1. The lowest BCUT2D eigenvalue weighted by atomic mass is 9.97. The molecule has 7 nitrogen and oxygen atoms in total. The van der Waals surface area contributed by atoms with Gasteiger partial charge < -0.3 is 28.8 Å². The molecule has 0 spiro atoms. The van der Waals surface area contributed by atoms with Crippen LogP contribution in [0, 0.1) is 0 Å². The second-order valence-electron chi connectivity index (χ2n) is 8.28. The predicted octanol–water partition coefficient (Wildman–Crippen LogP) is 4.20. The molecule has 1 aliphatic heterocycles. The minimum atomic E-state index is -1.29. The minimum Gasteiger partial charge on any atom is -0.479 e. The van der Waals surface area contributed by atoms with E-state index in [1.54, 1.807) is 0 Å². The van der Waals surface area contributed by atoms with Gasteiger partial charge in [-0.2, -0.15) is 0 Å². The van der Waals surface area contributed by atoms with E-state index >= 15 is 0 Å². The Morgan fingerprint density at radius 1 is 0.686 bits per heavy atom. The maximum absolute atomic E-state index is 12.2. The molecular weight excluding hydrogens is 448 g/mol. The van der Waals surface area contributed by atoms with Gasteiger partial charge in [-0.25, -0.2) is 4.79 Å². The highest BCUT2D eigenvalue weighted by atomic mass is 16.7. The average molecular weight is 479 g/mol. The van der Waals surface area contributed by atoms with E-state index < -0.39 is 36.7 Å². The first-order valence-electron chi connectivity index (χ1n) is 11.5. The topological polar surface area (TPSA) is 83.5 Å². The van der Waals surface area contributed by atoms with Gasteiger partial charge in [-0.15, -0.1) is 0 Å². The van der Waals surface area contributed by atoms with Crippen molar-refractivity contribution < 1.29 is 33.6 Å². The summed E-state index contributed by atoms with van der Waals surface area (Å²) in [6, 6.07) is 28.9. The molecule has 1 heterocycles. The van der Waals surface area contributed by atoms with Gasteiger partial charge >= 0.3 is 5.97 Å². The zero-order valence-electron chi connectivity index (χ0n) is 19.6. The summed E-state index contributed by atoms with van der Waals surface area (Å²) in [5.74, 6) is -1.15. The van der Waals surface area contributed by atoms with Crippen molar-refractivity contribution in [1.29, 1.82) is 0 Å². The standard InChI is InChI=1S/C28H30O7/c1-31-28-26(34-19-22-15-9-4-10-16-22)24(33-18-21-13-7-3-8-14-21)23(25(35-28)27(29)30)32-17-20-11-5-2-6-12-20/h2-16,23-26,28H,17-19H2,1H3,(H,29,30)/t23-,24-,25-,26+,28-/m0/s1. The number of rotatable bonds is 11. The number of methoxy groups -OCH3 is 1. The van der Waals surface area contributed by atoms with Crippen LogP contribution < -0.4 is 0 Å². The van der Waals surface area contributed by atoms with Crippen LogP contribution in [0.3, 0.4) is 0 Å². The van der Waals surface area contributed by atoms with Gasteiger partial charge in [-0.05, 0) is 16.7 Å². The summed E-state index contributed by atoms with van der Waals surface area (Å²) in [7, 11) is 1.46. The summed E-state index contributed by atoms with van der Waals surface area (Å²) in [5.41, 5.74) is 2.82.